The summed E-state index contributed by atoms with van der Waals surface area (Å²) < 4.78 is 0. The summed E-state index contributed by atoms with van der Waals surface area (Å²) in [6, 6.07) is 20.4. The van der Waals surface area contributed by atoms with Crippen molar-refractivity contribution in [2.24, 2.45) is 5.41 Å². The van der Waals surface area contributed by atoms with E-state index in [1.165, 1.54) is 21.9 Å². The number of halogens is 1. The Kier molecular flexibility index (Phi) is 3.89. The lowest BCUT2D eigenvalue weighted by Crippen LogP contribution is -2.33. The molecule has 1 heterocycles. The molecule has 2 aliphatic rings. The molecular formula is C25H22ClNO. The maximum Gasteiger partial charge on any atom is 0.162 e. The van der Waals surface area contributed by atoms with Crippen LogP contribution in [0.3, 0.4) is 0 Å². The Bertz CT molecular complexity index is 1140. The van der Waals surface area contributed by atoms with Gasteiger partial charge in [0.15, 0.2) is 5.78 Å². The second-order valence-corrected chi connectivity index (χ2v) is 9.11. The van der Waals surface area contributed by atoms with E-state index in [0.29, 0.717) is 11.4 Å². The van der Waals surface area contributed by atoms with Gasteiger partial charge in [-0.25, -0.2) is 0 Å². The maximum atomic E-state index is 13.3. The molecular weight excluding hydrogens is 366 g/mol. The fourth-order valence-electron chi connectivity index (χ4n) is 4.74. The lowest BCUT2D eigenvalue weighted by atomic mass is 9.68. The van der Waals surface area contributed by atoms with Gasteiger partial charge in [-0.2, -0.15) is 0 Å². The summed E-state index contributed by atoms with van der Waals surface area (Å²) in [6.07, 6.45) is 1.48. The number of nitrogens with one attached hydrogen (secondary N) is 1. The van der Waals surface area contributed by atoms with Crippen molar-refractivity contribution >= 4 is 39.4 Å². The lowest BCUT2D eigenvalue weighted by Gasteiger charge is -2.40. The van der Waals surface area contributed by atoms with Crippen LogP contribution in [0.5, 0.6) is 0 Å². The highest BCUT2D eigenvalue weighted by Gasteiger charge is 2.40. The molecule has 0 bridgehead atoms. The van der Waals surface area contributed by atoms with Gasteiger partial charge in [-0.1, -0.05) is 67.9 Å². The van der Waals surface area contributed by atoms with Gasteiger partial charge in [-0.05, 0) is 51.9 Å². The van der Waals surface area contributed by atoms with Gasteiger partial charge in [0, 0.05) is 28.3 Å². The van der Waals surface area contributed by atoms with Crippen molar-refractivity contribution in [3.63, 3.8) is 0 Å². The second kappa shape index (κ2) is 6.22. The average Bonchev–Trinajstić information content (AvgIpc) is 2.66. The normalized spacial score (nSPS) is 20.5. The number of fused-ring (bicyclic) bond motifs is 4. The van der Waals surface area contributed by atoms with Crippen molar-refractivity contribution in [1.82, 2.24) is 0 Å². The highest BCUT2D eigenvalue weighted by Crippen LogP contribution is 2.51. The minimum atomic E-state index is -0.135. The molecule has 2 nitrogen and oxygen atoms in total. The van der Waals surface area contributed by atoms with Gasteiger partial charge in [0.1, 0.15) is 0 Å². The molecule has 1 aliphatic heterocycles. The lowest BCUT2D eigenvalue weighted by molar-refractivity contribution is -0.118. The van der Waals surface area contributed by atoms with Gasteiger partial charge in [0.25, 0.3) is 0 Å². The summed E-state index contributed by atoms with van der Waals surface area (Å²) >= 11 is 6.10. The molecule has 140 valence electrons. The Morgan fingerprint density at radius 3 is 2.50 bits per heavy atom. The van der Waals surface area contributed by atoms with Crippen LogP contribution >= 0.6 is 11.6 Å². The smallest absolute Gasteiger partial charge is 0.162 e. The van der Waals surface area contributed by atoms with Crippen molar-refractivity contribution in [3.8, 4) is 0 Å². The number of benzene rings is 3. The largest absolute Gasteiger partial charge is 0.373 e. The molecule has 0 fully saturated rings. The Morgan fingerprint density at radius 2 is 1.71 bits per heavy atom. The summed E-state index contributed by atoms with van der Waals surface area (Å²) in [5.74, 6) is 0.247. The van der Waals surface area contributed by atoms with E-state index in [9.17, 15) is 4.79 Å². The number of carbonyl (C=O) groups excluding carboxylic acids is 1. The van der Waals surface area contributed by atoms with Crippen molar-refractivity contribution in [2.45, 2.75) is 32.7 Å². The van der Waals surface area contributed by atoms with Gasteiger partial charge in [-0.15, -0.1) is 0 Å². The van der Waals surface area contributed by atoms with Crippen LogP contribution in [-0.2, 0) is 4.79 Å². The predicted octanol–water partition coefficient (Wildman–Crippen LogP) is 6.80. The molecule has 3 aromatic rings. The summed E-state index contributed by atoms with van der Waals surface area (Å²) in [5.41, 5.74) is 5.45. The topological polar surface area (TPSA) is 29.1 Å². The summed E-state index contributed by atoms with van der Waals surface area (Å²) in [4.78, 5) is 13.3. The minimum Gasteiger partial charge on any atom is -0.373 e. The number of rotatable bonds is 1. The highest BCUT2D eigenvalue weighted by atomic mass is 35.5. The van der Waals surface area contributed by atoms with Crippen molar-refractivity contribution in [2.75, 3.05) is 5.32 Å². The molecule has 5 rings (SSSR count). The molecule has 0 unspecified atom stereocenters. The first-order valence-electron chi connectivity index (χ1n) is 9.73. The number of hydrogen-bond donors (Lipinski definition) is 1. The van der Waals surface area contributed by atoms with Crippen LogP contribution in [0, 0.1) is 5.41 Å². The summed E-state index contributed by atoms with van der Waals surface area (Å²) in [5, 5.41) is 6.78. The van der Waals surface area contributed by atoms with E-state index < -0.39 is 0 Å². The molecule has 0 spiro atoms. The summed E-state index contributed by atoms with van der Waals surface area (Å²) in [6.45, 7) is 4.39. The molecule has 0 amide bonds. The van der Waals surface area contributed by atoms with Crippen LogP contribution in [0.4, 0.5) is 5.69 Å². The van der Waals surface area contributed by atoms with Crippen LogP contribution in [-0.4, -0.2) is 5.78 Å². The predicted molar refractivity (Wildman–Crippen MR) is 117 cm³/mol. The first-order valence-corrected chi connectivity index (χ1v) is 10.1. The van der Waals surface area contributed by atoms with Gasteiger partial charge >= 0.3 is 0 Å². The first-order chi connectivity index (χ1) is 13.4. The fraction of sp³-hybridized carbons (Fsp3) is 0.240. The quantitative estimate of drug-likeness (QED) is 0.497. The number of ketones is 1. The van der Waals surface area contributed by atoms with E-state index in [1.54, 1.807) is 0 Å². The van der Waals surface area contributed by atoms with E-state index >= 15 is 0 Å². The van der Waals surface area contributed by atoms with Gasteiger partial charge in [0.05, 0.1) is 6.04 Å². The molecule has 1 N–H and O–H groups in total. The number of allylic oxidation sites excluding steroid dienone is 1. The van der Waals surface area contributed by atoms with Gasteiger partial charge in [0.2, 0.25) is 0 Å². The number of Topliss-reactive ketones (excluding diaryl/α,β-unsaturated/α-hetero) is 1. The van der Waals surface area contributed by atoms with Crippen LogP contribution in [0.2, 0.25) is 5.02 Å². The molecule has 0 saturated heterocycles. The maximum absolute atomic E-state index is 13.3. The Morgan fingerprint density at radius 1 is 0.964 bits per heavy atom. The second-order valence-electron chi connectivity index (χ2n) is 8.67. The van der Waals surface area contributed by atoms with E-state index in [2.05, 4.69) is 55.6 Å². The molecule has 0 radical (unpaired) electrons. The third-order valence-corrected chi connectivity index (χ3v) is 6.19. The minimum absolute atomic E-state index is 0.0357. The molecule has 1 atom stereocenters. The Balaban J connectivity index is 1.79. The van der Waals surface area contributed by atoms with Crippen LogP contribution in [0.1, 0.15) is 43.9 Å². The van der Waals surface area contributed by atoms with Crippen molar-refractivity contribution in [1.29, 1.82) is 0 Å². The van der Waals surface area contributed by atoms with E-state index in [4.69, 9.17) is 11.6 Å². The van der Waals surface area contributed by atoms with Crippen molar-refractivity contribution in [3.05, 3.63) is 82.4 Å². The molecule has 3 heteroatoms. The zero-order valence-corrected chi connectivity index (χ0v) is 16.8. The Labute approximate surface area is 170 Å². The highest BCUT2D eigenvalue weighted by molar-refractivity contribution is 6.30. The van der Waals surface area contributed by atoms with Crippen LogP contribution in [0.25, 0.3) is 16.3 Å². The van der Waals surface area contributed by atoms with Gasteiger partial charge in [-0.3, -0.25) is 4.79 Å². The van der Waals surface area contributed by atoms with E-state index in [-0.39, 0.29) is 17.2 Å². The third kappa shape index (κ3) is 2.75. The average molecular weight is 388 g/mol. The molecule has 3 aromatic carbocycles. The monoisotopic (exact) mass is 387 g/mol. The van der Waals surface area contributed by atoms with E-state index in [1.807, 2.05) is 24.3 Å². The van der Waals surface area contributed by atoms with Crippen LogP contribution in [0.15, 0.2) is 66.2 Å². The molecule has 0 saturated carbocycles. The molecule has 0 aromatic heterocycles. The SMILES string of the molecule is CC1(C)CC(=O)C2=C(C1)c1c(ccc3ccccc13)N[C@H]2c1ccc(Cl)cc1. The number of hydrogen-bond acceptors (Lipinski definition) is 2. The number of anilines is 1. The van der Waals surface area contributed by atoms with E-state index in [0.717, 1.165) is 23.2 Å². The first kappa shape index (κ1) is 17.5. The number of carbonyl (C=O) groups is 1. The molecule has 28 heavy (non-hydrogen) atoms. The Hall–Kier alpha value is -2.58. The standard InChI is InChI=1S/C25H22ClNO/c1-25(2)13-19-22-18-6-4-3-5-15(18)9-12-20(22)27-24(23(19)21(28)14-25)16-7-10-17(26)11-8-16/h3-12,24,27H,13-14H2,1-2H3/t24-/m0/s1. The zero-order chi connectivity index (χ0) is 19.5. The van der Waals surface area contributed by atoms with Crippen molar-refractivity contribution < 1.29 is 4.79 Å². The van der Waals surface area contributed by atoms with Crippen LogP contribution < -0.4 is 5.32 Å². The third-order valence-electron chi connectivity index (χ3n) is 5.94. The van der Waals surface area contributed by atoms with Gasteiger partial charge < -0.3 is 5.32 Å². The zero-order valence-electron chi connectivity index (χ0n) is 16.1. The summed E-state index contributed by atoms with van der Waals surface area (Å²) in [7, 11) is 0. The fourth-order valence-corrected chi connectivity index (χ4v) is 4.87. The molecule has 1 aliphatic carbocycles.